The van der Waals surface area contributed by atoms with Gasteiger partial charge in [-0.1, -0.05) is 26.2 Å². The summed E-state index contributed by atoms with van der Waals surface area (Å²) in [5.41, 5.74) is 6.41. The molecule has 0 amide bonds. The van der Waals surface area contributed by atoms with E-state index < -0.39 is 0 Å². The summed E-state index contributed by atoms with van der Waals surface area (Å²) in [7, 11) is 2.25. The van der Waals surface area contributed by atoms with Gasteiger partial charge in [-0.05, 0) is 54.2 Å². The maximum Gasteiger partial charge on any atom is 0.0591 e. The summed E-state index contributed by atoms with van der Waals surface area (Å²) in [6.07, 6.45) is 8.06. The first kappa shape index (κ1) is 16.5. The molecule has 2 unspecified atom stereocenters. The molecule has 2 atom stereocenters. The quantitative estimate of drug-likeness (QED) is 0.790. The molecule has 20 heavy (non-hydrogen) atoms. The first-order valence-electron chi connectivity index (χ1n) is 7.81. The minimum atomic E-state index is 0.217. The zero-order valence-corrected chi connectivity index (χ0v) is 15.0. The fraction of sp³-hybridized carbons (Fsp3) is 0.750. The van der Waals surface area contributed by atoms with Crippen LogP contribution >= 0.6 is 27.3 Å². The van der Waals surface area contributed by atoms with Crippen LogP contribution in [-0.2, 0) is 0 Å². The molecule has 1 fully saturated rings. The third kappa shape index (κ3) is 4.30. The van der Waals surface area contributed by atoms with E-state index in [4.69, 9.17) is 5.73 Å². The van der Waals surface area contributed by atoms with Gasteiger partial charge < -0.3 is 5.73 Å². The van der Waals surface area contributed by atoms with E-state index in [1.54, 1.807) is 0 Å². The van der Waals surface area contributed by atoms with Crippen LogP contribution in [0.3, 0.4) is 0 Å². The number of nitrogens with two attached hydrogens (primary N) is 1. The molecule has 4 heteroatoms. The molecule has 0 aromatic carbocycles. The minimum absolute atomic E-state index is 0.217. The number of nitrogens with zero attached hydrogens (tertiary/aromatic N) is 1. The Morgan fingerprint density at radius 3 is 2.65 bits per heavy atom. The summed E-state index contributed by atoms with van der Waals surface area (Å²) in [4.78, 5) is 3.90. The summed E-state index contributed by atoms with van der Waals surface area (Å²) < 4.78 is 1.18. The van der Waals surface area contributed by atoms with Crippen molar-refractivity contribution in [2.75, 3.05) is 13.6 Å². The third-order valence-electron chi connectivity index (χ3n) is 4.50. The number of hydrogen-bond donors (Lipinski definition) is 1. The highest BCUT2D eigenvalue weighted by atomic mass is 79.9. The second kappa shape index (κ2) is 7.92. The number of hydrogen-bond acceptors (Lipinski definition) is 3. The minimum Gasteiger partial charge on any atom is -0.326 e. The predicted octanol–water partition coefficient (Wildman–Crippen LogP) is 4.80. The van der Waals surface area contributed by atoms with Crippen molar-refractivity contribution in [3.63, 3.8) is 0 Å². The SMILES string of the molecule is CCC(N)C(c1cc(Br)cs1)N(C)CC1CCCCC1. The zero-order chi connectivity index (χ0) is 14.5. The van der Waals surface area contributed by atoms with Crippen LogP contribution in [0.4, 0.5) is 0 Å². The van der Waals surface area contributed by atoms with Gasteiger partial charge in [0.05, 0.1) is 6.04 Å². The maximum atomic E-state index is 6.41. The van der Waals surface area contributed by atoms with E-state index in [1.165, 1.54) is 48.0 Å². The second-order valence-electron chi connectivity index (χ2n) is 6.13. The molecule has 1 saturated carbocycles. The molecule has 0 saturated heterocycles. The van der Waals surface area contributed by atoms with Gasteiger partial charge in [-0.2, -0.15) is 0 Å². The highest BCUT2D eigenvalue weighted by molar-refractivity contribution is 9.10. The van der Waals surface area contributed by atoms with Gasteiger partial charge in [-0.25, -0.2) is 0 Å². The van der Waals surface area contributed by atoms with Crippen molar-refractivity contribution < 1.29 is 0 Å². The lowest BCUT2D eigenvalue weighted by Gasteiger charge is -2.35. The number of rotatable bonds is 6. The smallest absolute Gasteiger partial charge is 0.0591 e. The Morgan fingerprint density at radius 2 is 2.10 bits per heavy atom. The number of thiophene rings is 1. The van der Waals surface area contributed by atoms with E-state index >= 15 is 0 Å². The van der Waals surface area contributed by atoms with Crippen molar-refractivity contribution in [2.45, 2.75) is 57.5 Å². The fourth-order valence-corrected chi connectivity index (χ4v) is 5.04. The van der Waals surface area contributed by atoms with Gasteiger partial charge in [0.2, 0.25) is 0 Å². The largest absolute Gasteiger partial charge is 0.326 e. The molecule has 2 rings (SSSR count). The van der Waals surface area contributed by atoms with E-state index in [0.717, 1.165) is 12.3 Å². The molecular formula is C16H27BrN2S. The molecule has 114 valence electrons. The van der Waals surface area contributed by atoms with Crippen LogP contribution < -0.4 is 5.73 Å². The lowest BCUT2D eigenvalue weighted by Crippen LogP contribution is -2.40. The summed E-state index contributed by atoms with van der Waals surface area (Å²) in [5.74, 6) is 0.865. The molecular weight excluding hydrogens is 332 g/mol. The molecule has 0 aliphatic heterocycles. The molecule has 1 heterocycles. The van der Waals surface area contributed by atoms with Gasteiger partial charge in [0, 0.05) is 27.3 Å². The van der Waals surface area contributed by atoms with E-state index in [1.807, 2.05) is 11.3 Å². The Morgan fingerprint density at radius 1 is 1.40 bits per heavy atom. The van der Waals surface area contributed by atoms with Gasteiger partial charge in [0.15, 0.2) is 0 Å². The topological polar surface area (TPSA) is 29.3 Å². The highest BCUT2D eigenvalue weighted by Crippen LogP contribution is 2.33. The summed E-state index contributed by atoms with van der Waals surface area (Å²) in [6, 6.07) is 2.81. The lowest BCUT2D eigenvalue weighted by atomic mass is 9.88. The van der Waals surface area contributed by atoms with E-state index in [-0.39, 0.29) is 6.04 Å². The normalized spacial score (nSPS) is 20.2. The van der Waals surface area contributed by atoms with Crippen LogP contribution in [0.5, 0.6) is 0 Å². The van der Waals surface area contributed by atoms with Crippen LogP contribution in [-0.4, -0.2) is 24.5 Å². The van der Waals surface area contributed by atoms with Crippen LogP contribution in [0.1, 0.15) is 56.4 Å². The lowest BCUT2D eigenvalue weighted by molar-refractivity contribution is 0.163. The first-order chi connectivity index (χ1) is 9.61. The molecule has 1 aliphatic carbocycles. The molecule has 2 nitrogen and oxygen atoms in total. The van der Waals surface area contributed by atoms with Gasteiger partial charge >= 0.3 is 0 Å². The first-order valence-corrected chi connectivity index (χ1v) is 9.48. The van der Waals surface area contributed by atoms with Crippen LogP contribution in [0.25, 0.3) is 0 Å². The van der Waals surface area contributed by atoms with Crippen molar-refractivity contribution in [1.29, 1.82) is 0 Å². The summed E-state index contributed by atoms with van der Waals surface area (Å²) >= 11 is 5.39. The Hall–Kier alpha value is 0.1000. The molecule has 1 aliphatic rings. The van der Waals surface area contributed by atoms with Crippen molar-refractivity contribution in [3.05, 3.63) is 20.8 Å². The zero-order valence-electron chi connectivity index (χ0n) is 12.6. The Bertz CT molecular complexity index is 401. The van der Waals surface area contributed by atoms with Crippen LogP contribution in [0, 0.1) is 5.92 Å². The van der Waals surface area contributed by atoms with Crippen molar-refractivity contribution in [3.8, 4) is 0 Å². The third-order valence-corrected chi connectivity index (χ3v) is 6.27. The number of likely N-dealkylation sites (N-methyl/N-ethyl adjacent to an activating group) is 1. The molecule has 1 aromatic rings. The average molecular weight is 359 g/mol. The summed E-state index contributed by atoms with van der Waals surface area (Å²) in [5, 5.41) is 2.17. The monoisotopic (exact) mass is 358 g/mol. The van der Waals surface area contributed by atoms with Gasteiger partial charge in [-0.15, -0.1) is 11.3 Å². The van der Waals surface area contributed by atoms with E-state index in [2.05, 4.69) is 46.2 Å². The highest BCUT2D eigenvalue weighted by Gasteiger charge is 2.27. The predicted molar refractivity (Wildman–Crippen MR) is 92.2 cm³/mol. The molecule has 0 radical (unpaired) electrons. The van der Waals surface area contributed by atoms with Crippen molar-refractivity contribution in [1.82, 2.24) is 4.90 Å². The second-order valence-corrected chi connectivity index (χ2v) is 7.99. The summed E-state index contributed by atoms with van der Waals surface area (Å²) in [6.45, 7) is 3.38. The Labute approximate surface area is 135 Å². The molecule has 2 N–H and O–H groups in total. The number of halogens is 1. The standard InChI is InChI=1S/C16H27BrN2S/c1-3-14(18)16(15-9-13(17)11-20-15)19(2)10-12-7-5-4-6-8-12/h9,11-12,14,16H,3-8,10,18H2,1-2H3. The Kier molecular flexibility index (Phi) is 6.53. The molecule has 0 bridgehead atoms. The Balaban J connectivity index is 2.05. The van der Waals surface area contributed by atoms with E-state index in [0.29, 0.717) is 6.04 Å². The van der Waals surface area contributed by atoms with Gasteiger partial charge in [0.25, 0.3) is 0 Å². The molecule has 1 aromatic heterocycles. The maximum absolute atomic E-state index is 6.41. The van der Waals surface area contributed by atoms with Crippen LogP contribution in [0.15, 0.2) is 15.9 Å². The van der Waals surface area contributed by atoms with Gasteiger partial charge in [0.1, 0.15) is 0 Å². The molecule has 0 spiro atoms. The van der Waals surface area contributed by atoms with E-state index in [9.17, 15) is 0 Å². The fourth-order valence-electron chi connectivity index (χ4n) is 3.35. The van der Waals surface area contributed by atoms with Crippen molar-refractivity contribution >= 4 is 27.3 Å². The van der Waals surface area contributed by atoms with Crippen molar-refractivity contribution in [2.24, 2.45) is 11.7 Å². The van der Waals surface area contributed by atoms with Gasteiger partial charge in [-0.3, -0.25) is 4.90 Å². The van der Waals surface area contributed by atoms with Crippen LogP contribution in [0.2, 0.25) is 0 Å². The average Bonchev–Trinajstić information content (AvgIpc) is 2.86.